The minimum atomic E-state index is 0. The maximum Gasteiger partial charge on any atom is 0.226 e. The van der Waals surface area contributed by atoms with Crippen LogP contribution in [0.3, 0.4) is 0 Å². The number of aromatic nitrogens is 2. The van der Waals surface area contributed by atoms with Crippen LogP contribution in [0, 0.1) is 0 Å². The summed E-state index contributed by atoms with van der Waals surface area (Å²) in [4.78, 5) is 8.91. The predicted molar refractivity (Wildman–Crippen MR) is 101 cm³/mol. The standard InChI is InChI=1S/C15H29N5O.HI/c1-5-7-10-17-15(16-6-2)18-11-8-9-13-19-14(12(3)4)20-21-13;/h12H,5-11H2,1-4H3,(H2,16,17,18);1H. The summed E-state index contributed by atoms with van der Waals surface area (Å²) in [5.74, 6) is 2.68. The molecule has 1 aromatic rings. The number of aliphatic imine (C=N–C) groups is 1. The lowest BCUT2D eigenvalue weighted by Gasteiger charge is -2.10. The van der Waals surface area contributed by atoms with E-state index < -0.39 is 0 Å². The summed E-state index contributed by atoms with van der Waals surface area (Å²) in [6.45, 7) is 11.0. The molecule has 0 aliphatic rings. The first-order valence-corrected chi connectivity index (χ1v) is 8.02. The second-order valence-electron chi connectivity index (χ2n) is 5.35. The van der Waals surface area contributed by atoms with Gasteiger partial charge in [0.2, 0.25) is 5.89 Å². The zero-order chi connectivity index (χ0) is 15.5. The van der Waals surface area contributed by atoms with Crippen LogP contribution in [0.2, 0.25) is 0 Å². The average molecular weight is 423 g/mol. The van der Waals surface area contributed by atoms with Crippen molar-refractivity contribution in [1.29, 1.82) is 0 Å². The van der Waals surface area contributed by atoms with Gasteiger partial charge in [0, 0.05) is 32.0 Å². The molecule has 6 nitrogen and oxygen atoms in total. The fraction of sp³-hybridized carbons (Fsp3) is 0.800. The minimum absolute atomic E-state index is 0. The number of guanidine groups is 1. The van der Waals surface area contributed by atoms with Gasteiger partial charge in [-0.3, -0.25) is 4.99 Å². The minimum Gasteiger partial charge on any atom is -0.357 e. The molecule has 0 spiro atoms. The number of nitrogens with one attached hydrogen (secondary N) is 2. The fourth-order valence-corrected chi connectivity index (χ4v) is 1.75. The van der Waals surface area contributed by atoms with E-state index in [1.165, 1.54) is 6.42 Å². The van der Waals surface area contributed by atoms with Gasteiger partial charge >= 0.3 is 0 Å². The van der Waals surface area contributed by atoms with Crippen molar-refractivity contribution in [3.05, 3.63) is 11.7 Å². The molecular formula is C15H30IN5O. The molecule has 0 saturated carbocycles. The summed E-state index contributed by atoms with van der Waals surface area (Å²) in [6, 6.07) is 0. The molecule has 0 fully saturated rings. The van der Waals surface area contributed by atoms with Gasteiger partial charge in [0.25, 0.3) is 0 Å². The van der Waals surface area contributed by atoms with Crippen LogP contribution in [0.5, 0.6) is 0 Å². The van der Waals surface area contributed by atoms with E-state index in [4.69, 9.17) is 4.52 Å². The molecule has 1 heterocycles. The highest BCUT2D eigenvalue weighted by atomic mass is 127. The second-order valence-corrected chi connectivity index (χ2v) is 5.35. The zero-order valence-electron chi connectivity index (χ0n) is 14.2. The maximum absolute atomic E-state index is 5.22. The lowest BCUT2D eigenvalue weighted by Crippen LogP contribution is -2.37. The van der Waals surface area contributed by atoms with E-state index in [0.717, 1.165) is 50.7 Å². The largest absolute Gasteiger partial charge is 0.357 e. The summed E-state index contributed by atoms with van der Waals surface area (Å²) in [5, 5.41) is 10.5. The van der Waals surface area contributed by atoms with Crippen LogP contribution in [0.4, 0.5) is 0 Å². The highest BCUT2D eigenvalue weighted by molar-refractivity contribution is 14.0. The van der Waals surface area contributed by atoms with Crippen LogP contribution < -0.4 is 10.6 Å². The summed E-state index contributed by atoms with van der Waals surface area (Å²) >= 11 is 0. The van der Waals surface area contributed by atoms with Gasteiger partial charge in [0.05, 0.1) is 0 Å². The highest BCUT2D eigenvalue weighted by Crippen LogP contribution is 2.10. The van der Waals surface area contributed by atoms with Crippen LogP contribution in [-0.2, 0) is 6.42 Å². The number of unbranched alkanes of at least 4 members (excludes halogenated alkanes) is 1. The molecular weight excluding hydrogens is 393 g/mol. The molecule has 0 atom stereocenters. The SMILES string of the molecule is CCCCNC(=NCCCc1nc(C(C)C)no1)NCC.I. The number of nitrogens with zero attached hydrogens (tertiary/aromatic N) is 3. The van der Waals surface area contributed by atoms with Gasteiger partial charge in [0.15, 0.2) is 11.8 Å². The monoisotopic (exact) mass is 423 g/mol. The molecule has 0 aromatic carbocycles. The Labute approximate surface area is 150 Å². The zero-order valence-corrected chi connectivity index (χ0v) is 16.5. The van der Waals surface area contributed by atoms with Crippen molar-refractivity contribution in [3.63, 3.8) is 0 Å². The normalized spacial score (nSPS) is 11.4. The molecule has 0 aliphatic carbocycles. The van der Waals surface area contributed by atoms with E-state index in [1.54, 1.807) is 0 Å². The Morgan fingerprint density at radius 1 is 1.23 bits per heavy atom. The van der Waals surface area contributed by atoms with Crippen LogP contribution >= 0.6 is 24.0 Å². The van der Waals surface area contributed by atoms with Gasteiger partial charge in [-0.05, 0) is 19.8 Å². The first-order valence-electron chi connectivity index (χ1n) is 8.02. The lowest BCUT2D eigenvalue weighted by molar-refractivity contribution is 0.369. The molecule has 7 heteroatoms. The Balaban J connectivity index is 0.00000441. The molecule has 128 valence electrons. The quantitative estimate of drug-likeness (QED) is 0.276. The van der Waals surface area contributed by atoms with Crippen molar-refractivity contribution < 1.29 is 4.52 Å². The van der Waals surface area contributed by atoms with E-state index in [9.17, 15) is 0 Å². The van der Waals surface area contributed by atoms with Crippen molar-refractivity contribution in [2.24, 2.45) is 4.99 Å². The van der Waals surface area contributed by atoms with Gasteiger partial charge < -0.3 is 15.2 Å². The van der Waals surface area contributed by atoms with Gasteiger partial charge in [-0.15, -0.1) is 24.0 Å². The lowest BCUT2D eigenvalue weighted by atomic mass is 10.2. The van der Waals surface area contributed by atoms with Gasteiger partial charge in [-0.1, -0.05) is 32.3 Å². The van der Waals surface area contributed by atoms with Crippen molar-refractivity contribution in [3.8, 4) is 0 Å². The van der Waals surface area contributed by atoms with Crippen LogP contribution in [0.1, 0.15) is 64.6 Å². The van der Waals surface area contributed by atoms with E-state index in [2.05, 4.69) is 53.5 Å². The summed E-state index contributed by atoms with van der Waals surface area (Å²) in [5.41, 5.74) is 0. The average Bonchev–Trinajstić information content (AvgIpc) is 2.93. The van der Waals surface area contributed by atoms with E-state index in [-0.39, 0.29) is 24.0 Å². The van der Waals surface area contributed by atoms with Gasteiger partial charge in [-0.25, -0.2) is 0 Å². The van der Waals surface area contributed by atoms with Crippen LogP contribution in [-0.4, -0.2) is 35.7 Å². The van der Waals surface area contributed by atoms with Crippen LogP contribution in [0.15, 0.2) is 9.52 Å². The number of hydrogen-bond donors (Lipinski definition) is 2. The Hall–Kier alpha value is -0.860. The molecule has 0 unspecified atom stereocenters. The van der Waals surface area contributed by atoms with Gasteiger partial charge in [0.1, 0.15) is 0 Å². The topological polar surface area (TPSA) is 75.3 Å². The molecule has 0 radical (unpaired) electrons. The summed E-state index contributed by atoms with van der Waals surface area (Å²) in [7, 11) is 0. The molecule has 0 saturated heterocycles. The maximum atomic E-state index is 5.22. The van der Waals surface area contributed by atoms with Crippen LogP contribution in [0.25, 0.3) is 0 Å². The summed E-state index contributed by atoms with van der Waals surface area (Å²) < 4.78 is 5.22. The van der Waals surface area contributed by atoms with Gasteiger partial charge in [-0.2, -0.15) is 4.98 Å². The Morgan fingerprint density at radius 3 is 2.59 bits per heavy atom. The number of hydrogen-bond acceptors (Lipinski definition) is 4. The van der Waals surface area contributed by atoms with Crippen molar-refractivity contribution in [1.82, 2.24) is 20.8 Å². The first kappa shape index (κ1) is 21.1. The molecule has 0 amide bonds. The Kier molecular flexibility index (Phi) is 12.2. The second kappa shape index (κ2) is 12.7. The molecule has 0 bridgehead atoms. The smallest absolute Gasteiger partial charge is 0.226 e. The molecule has 2 N–H and O–H groups in total. The van der Waals surface area contributed by atoms with Crippen molar-refractivity contribution in [2.75, 3.05) is 19.6 Å². The Bertz CT molecular complexity index is 420. The predicted octanol–water partition coefficient (Wildman–Crippen LogP) is 3.10. The highest BCUT2D eigenvalue weighted by Gasteiger charge is 2.08. The summed E-state index contributed by atoms with van der Waals surface area (Å²) in [6.07, 6.45) is 4.02. The number of halogens is 1. The number of rotatable bonds is 9. The third kappa shape index (κ3) is 8.55. The number of aryl methyl sites for hydroxylation is 1. The van der Waals surface area contributed by atoms with E-state index in [1.807, 2.05) is 0 Å². The van der Waals surface area contributed by atoms with Crippen molar-refractivity contribution >= 4 is 29.9 Å². The third-order valence-electron chi connectivity index (χ3n) is 2.99. The molecule has 1 aromatic heterocycles. The van der Waals surface area contributed by atoms with E-state index in [0.29, 0.717) is 11.8 Å². The third-order valence-corrected chi connectivity index (χ3v) is 2.99. The van der Waals surface area contributed by atoms with E-state index >= 15 is 0 Å². The van der Waals surface area contributed by atoms with Crippen molar-refractivity contribution in [2.45, 2.75) is 59.3 Å². The first-order chi connectivity index (χ1) is 10.2. The molecule has 0 aliphatic heterocycles. The Morgan fingerprint density at radius 2 is 2.00 bits per heavy atom. The molecule has 22 heavy (non-hydrogen) atoms. The fourth-order valence-electron chi connectivity index (χ4n) is 1.75. The molecule has 1 rings (SSSR count).